The highest BCUT2D eigenvalue weighted by Crippen LogP contribution is 2.50. The number of fused-ring (bicyclic) bond motifs is 1. The van der Waals surface area contributed by atoms with Crippen LogP contribution in [0, 0.1) is 0 Å². The van der Waals surface area contributed by atoms with E-state index < -0.39 is 17.4 Å². The number of hydrogen-bond acceptors (Lipinski definition) is 6. The van der Waals surface area contributed by atoms with Crippen LogP contribution in [-0.4, -0.2) is 17.8 Å². The first-order chi connectivity index (χ1) is 13.9. The number of hydrogen-bond donors (Lipinski definition) is 1. The van der Waals surface area contributed by atoms with Crippen LogP contribution in [0.1, 0.15) is 30.5 Å². The van der Waals surface area contributed by atoms with Gasteiger partial charge in [-0.05, 0) is 46.8 Å². The smallest absolute Gasteiger partial charge is 0.308 e. The Bertz CT molecular complexity index is 1040. The number of benzene rings is 2. The Hall–Kier alpha value is -3.45. The normalized spacial score (nSPS) is 14.1. The zero-order valence-corrected chi connectivity index (χ0v) is 16.5. The van der Waals surface area contributed by atoms with Crippen LogP contribution in [0.15, 0.2) is 60.0 Å². The highest BCUT2D eigenvalue weighted by Gasteiger charge is 2.50. The molecule has 1 amide bonds. The highest BCUT2D eigenvalue weighted by molar-refractivity contribution is 7.14. The Labute approximate surface area is 171 Å². The average molecular weight is 407 g/mol. The van der Waals surface area contributed by atoms with E-state index in [0.717, 1.165) is 21.7 Å². The van der Waals surface area contributed by atoms with Gasteiger partial charge in [0.2, 0.25) is 5.91 Å². The number of carbonyl (C=O) groups excluding carboxylic acids is 3. The summed E-state index contributed by atoms with van der Waals surface area (Å²) in [6, 6.07) is 15.7. The van der Waals surface area contributed by atoms with Crippen LogP contribution in [0.25, 0.3) is 0 Å². The van der Waals surface area contributed by atoms with E-state index in [9.17, 15) is 14.4 Å². The second-order valence-electron chi connectivity index (χ2n) is 6.60. The van der Waals surface area contributed by atoms with Gasteiger partial charge < -0.3 is 14.8 Å². The number of ether oxygens (including phenoxy) is 2. The summed E-state index contributed by atoms with van der Waals surface area (Å²) in [4.78, 5) is 35.7. The number of rotatable bonds is 4. The maximum Gasteiger partial charge on any atom is 0.308 e. The fraction of sp³-hybridized carbons (Fsp3) is 0.136. The lowest BCUT2D eigenvalue weighted by atomic mass is 9.71. The van der Waals surface area contributed by atoms with Crippen molar-refractivity contribution >= 4 is 34.2 Å². The van der Waals surface area contributed by atoms with Gasteiger partial charge in [0.1, 0.15) is 16.9 Å². The molecule has 1 N–H and O–H groups in total. The Balaban J connectivity index is 1.85. The standard InChI is InChI=1S/C22H17NO5S/c1-13(24)27-17-7-3-15(4-8-17)22(19-11-12-29-20(19)23-21(22)26)16-5-9-18(10-6-16)28-14(2)25/h3-12H,1-2H3,(H,23,26). The van der Waals surface area contributed by atoms with Crippen LogP contribution in [0.5, 0.6) is 11.5 Å². The van der Waals surface area contributed by atoms with Crippen molar-refractivity contribution in [3.63, 3.8) is 0 Å². The lowest BCUT2D eigenvalue weighted by Gasteiger charge is -2.28. The maximum atomic E-state index is 13.3. The zero-order valence-electron chi connectivity index (χ0n) is 15.7. The van der Waals surface area contributed by atoms with Crippen molar-refractivity contribution in [1.29, 1.82) is 0 Å². The van der Waals surface area contributed by atoms with Crippen molar-refractivity contribution in [3.8, 4) is 11.5 Å². The predicted molar refractivity (Wildman–Crippen MR) is 108 cm³/mol. The fourth-order valence-electron chi connectivity index (χ4n) is 3.64. The van der Waals surface area contributed by atoms with Crippen molar-refractivity contribution in [1.82, 2.24) is 0 Å². The lowest BCUT2D eigenvalue weighted by molar-refractivity contribution is -0.132. The van der Waals surface area contributed by atoms with E-state index in [1.165, 1.54) is 25.2 Å². The summed E-state index contributed by atoms with van der Waals surface area (Å²) in [5.41, 5.74) is 1.28. The molecule has 1 aromatic heterocycles. The second kappa shape index (κ2) is 7.18. The molecule has 0 atom stereocenters. The molecule has 0 unspecified atom stereocenters. The molecular weight excluding hydrogens is 390 g/mol. The van der Waals surface area contributed by atoms with Crippen LogP contribution in [0.4, 0.5) is 5.00 Å². The third kappa shape index (κ3) is 3.19. The van der Waals surface area contributed by atoms with Gasteiger partial charge in [-0.2, -0.15) is 0 Å². The van der Waals surface area contributed by atoms with Gasteiger partial charge >= 0.3 is 11.9 Å². The van der Waals surface area contributed by atoms with E-state index in [0.29, 0.717) is 11.5 Å². The summed E-state index contributed by atoms with van der Waals surface area (Å²) in [6.45, 7) is 2.67. The largest absolute Gasteiger partial charge is 0.427 e. The zero-order chi connectivity index (χ0) is 20.6. The monoisotopic (exact) mass is 407 g/mol. The van der Waals surface area contributed by atoms with E-state index >= 15 is 0 Å². The summed E-state index contributed by atoms with van der Waals surface area (Å²) >= 11 is 1.46. The summed E-state index contributed by atoms with van der Waals surface area (Å²) in [6.07, 6.45) is 0. The van der Waals surface area contributed by atoms with Crippen molar-refractivity contribution in [3.05, 3.63) is 76.7 Å². The summed E-state index contributed by atoms with van der Waals surface area (Å²) in [5, 5.41) is 5.69. The molecule has 1 aliphatic rings. The minimum atomic E-state index is -1.06. The van der Waals surface area contributed by atoms with Gasteiger partial charge in [-0.15, -0.1) is 11.3 Å². The van der Waals surface area contributed by atoms with Gasteiger partial charge in [0, 0.05) is 19.4 Å². The van der Waals surface area contributed by atoms with Crippen molar-refractivity contribution < 1.29 is 23.9 Å². The molecule has 2 aromatic carbocycles. The first-order valence-electron chi connectivity index (χ1n) is 8.88. The fourth-order valence-corrected chi connectivity index (χ4v) is 4.48. The Morgan fingerprint density at radius 2 is 1.31 bits per heavy atom. The molecule has 146 valence electrons. The average Bonchev–Trinajstić information content (AvgIpc) is 3.22. The summed E-state index contributed by atoms with van der Waals surface area (Å²) < 4.78 is 10.2. The van der Waals surface area contributed by atoms with Crippen molar-refractivity contribution in [2.45, 2.75) is 19.3 Å². The SMILES string of the molecule is CC(=O)Oc1ccc(C2(c3ccc(OC(C)=O)cc3)C(=O)Nc3sccc32)cc1. The molecule has 4 rings (SSSR count). The van der Waals surface area contributed by atoms with E-state index in [-0.39, 0.29) is 5.91 Å². The second-order valence-corrected chi connectivity index (χ2v) is 7.52. The third-order valence-electron chi connectivity index (χ3n) is 4.73. The van der Waals surface area contributed by atoms with Gasteiger partial charge in [0.05, 0.1) is 5.00 Å². The van der Waals surface area contributed by atoms with Crippen LogP contribution in [0.2, 0.25) is 0 Å². The van der Waals surface area contributed by atoms with Gasteiger partial charge in [-0.25, -0.2) is 0 Å². The Kier molecular flexibility index (Phi) is 4.68. The van der Waals surface area contributed by atoms with Gasteiger partial charge in [-0.3, -0.25) is 14.4 Å². The molecule has 0 aliphatic carbocycles. The van der Waals surface area contributed by atoms with Crippen molar-refractivity contribution in [2.24, 2.45) is 0 Å². The van der Waals surface area contributed by atoms with Gasteiger partial charge in [-0.1, -0.05) is 24.3 Å². The lowest BCUT2D eigenvalue weighted by Crippen LogP contribution is -2.37. The molecular formula is C22H17NO5S. The van der Waals surface area contributed by atoms with Gasteiger partial charge in [0.15, 0.2) is 0 Å². The first-order valence-corrected chi connectivity index (χ1v) is 9.76. The number of thiophene rings is 1. The Morgan fingerprint density at radius 3 is 1.76 bits per heavy atom. The first kappa shape index (κ1) is 18.9. The van der Waals surface area contributed by atoms with E-state index in [2.05, 4.69) is 5.32 Å². The van der Waals surface area contributed by atoms with E-state index in [1.807, 2.05) is 11.4 Å². The molecule has 3 aromatic rings. The molecule has 2 heterocycles. The van der Waals surface area contributed by atoms with Crippen molar-refractivity contribution in [2.75, 3.05) is 5.32 Å². The minimum absolute atomic E-state index is 0.167. The number of esters is 2. The quantitative estimate of drug-likeness (QED) is 0.524. The number of carbonyl (C=O) groups is 3. The molecule has 0 radical (unpaired) electrons. The molecule has 6 nitrogen and oxygen atoms in total. The van der Waals surface area contributed by atoms with Crippen LogP contribution in [-0.2, 0) is 19.8 Å². The molecule has 7 heteroatoms. The van der Waals surface area contributed by atoms with E-state index in [4.69, 9.17) is 9.47 Å². The molecule has 0 spiro atoms. The molecule has 0 saturated heterocycles. The topological polar surface area (TPSA) is 81.7 Å². The van der Waals surface area contributed by atoms with Crippen LogP contribution < -0.4 is 14.8 Å². The van der Waals surface area contributed by atoms with Crippen LogP contribution >= 0.6 is 11.3 Å². The maximum absolute atomic E-state index is 13.3. The highest BCUT2D eigenvalue weighted by atomic mass is 32.1. The van der Waals surface area contributed by atoms with Gasteiger partial charge in [0.25, 0.3) is 0 Å². The number of nitrogens with one attached hydrogen (secondary N) is 1. The predicted octanol–water partition coefficient (Wildman–Crippen LogP) is 3.89. The minimum Gasteiger partial charge on any atom is -0.427 e. The molecule has 29 heavy (non-hydrogen) atoms. The third-order valence-corrected chi connectivity index (χ3v) is 5.56. The number of amides is 1. The Morgan fingerprint density at radius 1 is 0.828 bits per heavy atom. The molecule has 1 aliphatic heterocycles. The number of anilines is 1. The van der Waals surface area contributed by atoms with E-state index in [1.54, 1.807) is 48.5 Å². The van der Waals surface area contributed by atoms with Crippen LogP contribution in [0.3, 0.4) is 0 Å². The molecule has 0 saturated carbocycles. The molecule has 0 bridgehead atoms. The summed E-state index contributed by atoms with van der Waals surface area (Å²) in [5.74, 6) is -0.171. The molecule has 0 fully saturated rings. The summed E-state index contributed by atoms with van der Waals surface area (Å²) in [7, 11) is 0.